The molecule has 3 rings (SSSR count). The quantitative estimate of drug-likeness (QED) is 0.555. The number of hydrogen-bond acceptors (Lipinski definition) is 0. The molecule has 0 amide bonds. The topological polar surface area (TPSA) is 15.8 Å². The Morgan fingerprint density at radius 1 is 0.810 bits per heavy atom. The van der Waals surface area contributed by atoms with Crippen LogP contribution in [-0.4, -0.2) is 4.98 Å². The number of aromatic nitrogens is 1. The van der Waals surface area contributed by atoms with E-state index in [1.54, 1.807) is 0 Å². The Balaban J connectivity index is 1.45. The summed E-state index contributed by atoms with van der Waals surface area (Å²) in [5.74, 6) is 0. The fraction of sp³-hybridized carbons (Fsp3) is 0.263. The molecule has 2 aromatic carbocycles. The van der Waals surface area contributed by atoms with Crippen molar-refractivity contribution in [2.24, 2.45) is 0 Å². The lowest BCUT2D eigenvalue weighted by atomic mass is 10.0. The van der Waals surface area contributed by atoms with Gasteiger partial charge in [0, 0.05) is 22.1 Å². The van der Waals surface area contributed by atoms with Crippen molar-refractivity contribution < 1.29 is 0 Å². The van der Waals surface area contributed by atoms with E-state index in [4.69, 9.17) is 11.6 Å². The van der Waals surface area contributed by atoms with Crippen LogP contribution in [0.25, 0.3) is 10.9 Å². The van der Waals surface area contributed by atoms with Gasteiger partial charge in [0.2, 0.25) is 0 Å². The second-order valence-electron chi connectivity index (χ2n) is 5.55. The van der Waals surface area contributed by atoms with E-state index in [0.717, 1.165) is 17.9 Å². The number of halogens is 1. The van der Waals surface area contributed by atoms with Gasteiger partial charge in [0.15, 0.2) is 0 Å². The zero-order valence-electron chi connectivity index (χ0n) is 12.1. The predicted molar refractivity (Wildman–Crippen MR) is 91.0 cm³/mol. The highest BCUT2D eigenvalue weighted by Gasteiger charge is 2.02. The summed E-state index contributed by atoms with van der Waals surface area (Å²) < 4.78 is 0. The van der Waals surface area contributed by atoms with Crippen molar-refractivity contribution >= 4 is 22.5 Å². The second kappa shape index (κ2) is 6.82. The first-order chi connectivity index (χ1) is 10.3. The molecule has 0 aliphatic rings. The van der Waals surface area contributed by atoms with E-state index in [1.807, 2.05) is 12.1 Å². The molecule has 0 aliphatic heterocycles. The van der Waals surface area contributed by atoms with E-state index in [1.165, 1.54) is 41.3 Å². The van der Waals surface area contributed by atoms with Gasteiger partial charge in [0.05, 0.1) is 0 Å². The molecule has 21 heavy (non-hydrogen) atoms. The Bertz CT molecular complexity index is 697. The molecule has 0 unspecified atom stereocenters. The third-order valence-electron chi connectivity index (χ3n) is 4.00. The lowest BCUT2D eigenvalue weighted by Crippen LogP contribution is -1.88. The first-order valence-electron chi connectivity index (χ1n) is 7.62. The van der Waals surface area contributed by atoms with Gasteiger partial charge in [-0.15, -0.1) is 0 Å². The van der Waals surface area contributed by atoms with E-state index < -0.39 is 0 Å². The van der Waals surface area contributed by atoms with Crippen LogP contribution in [0.15, 0.2) is 54.7 Å². The van der Waals surface area contributed by atoms with Gasteiger partial charge in [-0.1, -0.05) is 48.4 Å². The molecule has 0 saturated heterocycles. The molecule has 0 atom stereocenters. The van der Waals surface area contributed by atoms with Crippen LogP contribution in [-0.2, 0) is 12.8 Å². The smallest absolute Gasteiger partial charge is 0.0456 e. The highest BCUT2D eigenvalue weighted by atomic mass is 35.5. The maximum Gasteiger partial charge on any atom is 0.0456 e. The lowest BCUT2D eigenvalue weighted by molar-refractivity contribution is 0.680. The minimum Gasteiger partial charge on any atom is -0.361 e. The van der Waals surface area contributed by atoms with Gasteiger partial charge in [-0.3, -0.25) is 0 Å². The molecule has 1 aromatic heterocycles. The van der Waals surface area contributed by atoms with Gasteiger partial charge < -0.3 is 4.98 Å². The fourth-order valence-electron chi connectivity index (χ4n) is 2.81. The molecular formula is C19H20ClN. The summed E-state index contributed by atoms with van der Waals surface area (Å²) in [7, 11) is 0. The van der Waals surface area contributed by atoms with Crippen molar-refractivity contribution in [3.63, 3.8) is 0 Å². The summed E-state index contributed by atoms with van der Waals surface area (Å²) in [5, 5.41) is 2.19. The number of benzene rings is 2. The highest BCUT2D eigenvalue weighted by molar-refractivity contribution is 6.30. The van der Waals surface area contributed by atoms with E-state index >= 15 is 0 Å². The SMILES string of the molecule is Clc1ccc(CCCCCc2c[nH]c3ccccc23)cc1. The first kappa shape index (κ1) is 14.2. The number of hydrogen-bond donors (Lipinski definition) is 1. The Kier molecular flexibility index (Phi) is 4.62. The number of unbranched alkanes of at least 4 members (excludes halogenated alkanes) is 2. The predicted octanol–water partition coefficient (Wildman–Crippen LogP) is 5.78. The van der Waals surface area contributed by atoms with Gasteiger partial charge in [-0.2, -0.15) is 0 Å². The number of para-hydroxylation sites is 1. The van der Waals surface area contributed by atoms with Crippen LogP contribution in [0.3, 0.4) is 0 Å². The zero-order valence-corrected chi connectivity index (χ0v) is 12.9. The summed E-state index contributed by atoms with van der Waals surface area (Å²) >= 11 is 5.90. The van der Waals surface area contributed by atoms with Crippen molar-refractivity contribution in [1.82, 2.24) is 4.98 Å². The molecule has 2 heteroatoms. The van der Waals surface area contributed by atoms with Gasteiger partial charge in [0.25, 0.3) is 0 Å². The van der Waals surface area contributed by atoms with Gasteiger partial charge in [0.1, 0.15) is 0 Å². The lowest BCUT2D eigenvalue weighted by Gasteiger charge is -2.02. The Morgan fingerprint density at radius 3 is 2.43 bits per heavy atom. The monoisotopic (exact) mass is 297 g/mol. The standard InChI is InChI=1S/C19H20ClN/c20-17-12-10-15(11-13-17)6-2-1-3-7-16-14-21-19-9-5-4-8-18(16)19/h4-5,8-14,21H,1-3,6-7H2. The normalized spacial score (nSPS) is 11.1. The summed E-state index contributed by atoms with van der Waals surface area (Å²) in [4.78, 5) is 3.35. The molecular weight excluding hydrogens is 278 g/mol. The van der Waals surface area contributed by atoms with E-state index in [9.17, 15) is 0 Å². The molecule has 0 saturated carbocycles. The van der Waals surface area contributed by atoms with E-state index in [0.29, 0.717) is 0 Å². The van der Waals surface area contributed by atoms with Crippen molar-refractivity contribution in [2.75, 3.05) is 0 Å². The summed E-state index contributed by atoms with van der Waals surface area (Å²) in [6.07, 6.45) is 8.21. The molecule has 3 aromatic rings. The van der Waals surface area contributed by atoms with Crippen LogP contribution < -0.4 is 0 Å². The summed E-state index contributed by atoms with van der Waals surface area (Å²) in [6.45, 7) is 0. The molecule has 1 N–H and O–H groups in total. The minimum absolute atomic E-state index is 0.818. The van der Waals surface area contributed by atoms with Crippen LogP contribution in [0, 0.1) is 0 Å². The molecule has 1 heterocycles. The maximum atomic E-state index is 5.90. The summed E-state index contributed by atoms with van der Waals surface area (Å²) in [6, 6.07) is 16.7. The van der Waals surface area contributed by atoms with E-state index in [-0.39, 0.29) is 0 Å². The molecule has 108 valence electrons. The average Bonchev–Trinajstić information content (AvgIpc) is 2.92. The molecule has 0 spiro atoms. The number of aryl methyl sites for hydroxylation is 2. The van der Waals surface area contributed by atoms with Crippen LogP contribution in [0.5, 0.6) is 0 Å². The van der Waals surface area contributed by atoms with Crippen molar-refractivity contribution in [3.8, 4) is 0 Å². The van der Waals surface area contributed by atoms with Crippen LogP contribution in [0.2, 0.25) is 5.02 Å². The van der Waals surface area contributed by atoms with Crippen LogP contribution in [0.1, 0.15) is 30.4 Å². The van der Waals surface area contributed by atoms with Crippen LogP contribution in [0.4, 0.5) is 0 Å². The number of fused-ring (bicyclic) bond motifs is 1. The van der Waals surface area contributed by atoms with Crippen molar-refractivity contribution in [2.45, 2.75) is 32.1 Å². The Hall–Kier alpha value is -1.73. The minimum atomic E-state index is 0.818. The number of aromatic amines is 1. The van der Waals surface area contributed by atoms with Gasteiger partial charge >= 0.3 is 0 Å². The Labute approximate surface area is 131 Å². The molecule has 0 bridgehead atoms. The maximum absolute atomic E-state index is 5.90. The molecule has 1 nitrogen and oxygen atoms in total. The van der Waals surface area contributed by atoms with Crippen molar-refractivity contribution in [3.05, 3.63) is 70.9 Å². The molecule has 0 radical (unpaired) electrons. The largest absolute Gasteiger partial charge is 0.361 e. The Morgan fingerprint density at radius 2 is 1.57 bits per heavy atom. The number of H-pyrrole nitrogens is 1. The fourth-order valence-corrected chi connectivity index (χ4v) is 2.94. The average molecular weight is 298 g/mol. The highest BCUT2D eigenvalue weighted by Crippen LogP contribution is 2.20. The van der Waals surface area contributed by atoms with E-state index in [2.05, 4.69) is 47.6 Å². The van der Waals surface area contributed by atoms with Crippen molar-refractivity contribution in [1.29, 1.82) is 0 Å². The number of nitrogens with one attached hydrogen (secondary N) is 1. The molecule has 0 aliphatic carbocycles. The van der Waals surface area contributed by atoms with Gasteiger partial charge in [-0.25, -0.2) is 0 Å². The number of rotatable bonds is 6. The second-order valence-corrected chi connectivity index (χ2v) is 5.98. The zero-order chi connectivity index (χ0) is 14.5. The third kappa shape index (κ3) is 3.68. The van der Waals surface area contributed by atoms with Gasteiger partial charge in [-0.05, 0) is 55.0 Å². The van der Waals surface area contributed by atoms with Crippen LogP contribution >= 0.6 is 11.6 Å². The first-order valence-corrected chi connectivity index (χ1v) is 8.00. The third-order valence-corrected chi connectivity index (χ3v) is 4.25. The molecule has 0 fully saturated rings. The summed E-state index contributed by atoms with van der Waals surface area (Å²) in [5.41, 5.74) is 4.07.